The highest BCUT2D eigenvalue weighted by molar-refractivity contribution is 6.28. The molecule has 1 aliphatic rings. The first-order valence-corrected chi connectivity index (χ1v) is 8.67. The van der Waals surface area contributed by atoms with Crippen LogP contribution in [0.15, 0.2) is 24.5 Å². The maximum absolute atomic E-state index is 14.6. The molecule has 5 nitrogen and oxygen atoms in total. The number of fused-ring (bicyclic) bond motifs is 1. The van der Waals surface area contributed by atoms with Gasteiger partial charge >= 0.3 is 0 Å². The van der Waals surface area contributed by atoms with Gasteiger partial charge in [-0.2, -0.15) is 9.97 Å². The number of alkyl halides is 1. The average molecular weight is 382 g/mol. The molecule has 26 heavy (non-hydrogen) atoms. The number of anilines is 1. The van der Waals surface area contributed by atoms with Gasteiger partial charge in [-0.05, 0) is 30.5 Å². The van der Waals surface area contributed by atoms with Crippen LogP contribution in [0.4, 0.5) is 19.0 Å². The fraction of sp³-hybridized carbons (Fsp3) is 0.353. The predicted molar refractivity (Wildman–Crippen MR) is 91.7 cm³/mol. The van der Waals surface area contributed by atoms with Gasteiger partial charge in [-0.1, -0.05) is 25.0 Å². The van der Waals surface area contributed by atoms with Gasteiger partial charge in [0.15, 0.2) is 34.9 Å². The summed E-state index contributed by atoms with van der Waals surface area (Å²) in [5.74, 6) is -2.34. The number of rotatable bonds is 4. The van der Waals surface area contributed by atoms with E-state index in [0.717, 1.165) is 37.8 Å². The monoisotopic (exact) mass is 381 g/mol. The molecule has 1 aliphatic carbocycles. The molecule has 2 heterocycles. The van der Waals surface area contributed by atoms with Crippen molar-refractivity contribution < 1.29 is 13.2 Å². The van der Waals surface area contributed by atoms with Crippen molar-refractivity contribution >= 4 is 28.6 Å². The van der Waals surface area contributed by atoms with Crippen LogP contribution in [0, 0.1) is 11.6 Å². The molecule has 3 aromatic rings. The molecule has 0 amide bonds. The Morgan fingerprint density at radius 2 is 1.96 bits per heavy atom. The van der Waals surface area contributed by atoms with Crippen LogP contribution >= 0.6 is 11.6 Å². The molecule has 136 valence electrons. The summed E-state index contributed by atoms with van der Waals surface area (Å²) in [6.45, 7) is 0. The van der Waals surface area contributed by atoms with Crippen LogP contribution in [0.3, 0.4) is 0 Å². The smallest absolute Gasteiger partial charge is 0.226 e. The van der Waals surface area contributed by atoms with E-state index < -0.39 is 23.5 Å². The molecule has 2 aromatic heterocycles. The molecule has 0 saturated heterocycles. The van der Waals surface area contributed by atoms with Crippen LogP contribution in [0.1, 0.15) is 43.6 Å². The van der Waals surface area contributed by atoms with Crippen LogP contribution in [0.5, 0.6) is 0 Å². The molecule has 0 aliphatic heterocycles. The number of hydrogen-bond donors (Lipinski definition) is 1. The molecule has 1 atom stereocenters. The molecule has 1 N–H and O–H groups in total. The third-order valence-electron chi connectivity index (χ3n) is 4.63. The molecule has 0 bridgehead atoms. The van der Waals surface area contributed by atoms with E-state index >= 15 is 0 Å². The second kappa shape index (κ2) is 6.75. The van der Waals surface area contributed by atoms with Gasteiger partial charge in [0.25, 0.3) is 0 Å². The van der Waals surface area contributed by atoms with Gasteiger partial charge < -0.3 is 9.88 Å². The number of hydrogen-bond acceptors (Lipinski definition) is 4. The van der Waals surface area contributed by atoms with Crippen molar-refractivity contribution in [2.45, 2.75) is 38.0 Å². The summed E-state index contributed by atoms with van der Waals surface area (Å²) in [5.41, 5.74) is 0.371. The predicted octanol–water partition coefficient (Wildman–Crippen LogP) is 4.95. The van der Waals surface area contributed by atoms with E-state index in [9.17, 15) is 13.2 Å². The number of nitrogens with zero attached hydrogens (tertiary/aromatic N) is 4. The van der Waals surface area contributed by atoms with Crippen molar-refractivity contribution in [3.05, 3.63) is 47.0 Å². The van der Waals surface area contributed by atoms with E-state index in [0.29, 0.717) is 11.2 Å². The van der Waals surface area contributed by atoms with Gasteiger partial charge in [0.05, 0.1) is 6.33 Å². The Balaban J connectivity index is 1.71. The summed E-state index contributed by atoms with van der Waals surface area (Å²) in [7, 11) is 0. The molecule has 1 aromatic carbocycles. The van der Waals surface area contributed by atoms with Crippen molar-refractivity contribution in [1.29, 1.82) is 0 Å². The second-order valence-corrected chi connectivity index (χ2v) is 6.59. The van der Waals surface area contributed by atoms with Crippen LogP contribution in [0.25, 0.3) is 11.2 Å². The van der Waals surface area contributed by atoms with E-state index in [1.54, 1.807) is 6.33 Å². The lowest BCUT2D eigenvalue weighted by atomic mass is 10.2. The zero-order valence-corrected chi connectivity index (χ0v) is 14.3. The van der Waals surface area contributed by atoms with E-state index in [2.05, 4.69) is 20.3 Å². The maximum Gasteiger partial charge on any atom is 0.226 e. The third kappa shape index (κ3) is 2.98. The van der Waals surface area contributed by atoms with Gasteiger partial charge in [0.1, 0.15) is 0 Å². The molecule has 0 radical (unpaired) electrons. The Bertz CT molecular complexity index is 955. The van der Waals surface area contributed by atoms with Crippen LogP contribution in [0.2, 0.25) is 5.28 Å². The molecular formula is C17H15ClF3N5. The summed E-state index contributed by atoms with van der Waals surface area (Å²) in [5, 5.41) is 2.35. The van der Waals surface area contributed by atoms with Crippen molar-refractivity contribution in [3.63, 3.8) is 0 Å². The molecular weight excluding hydrogens is 367 g/mol. The first kappa shape index (κ1) is 17.1. The Morgan fingerprint density at radius 1 is 1.19 bits per heavy atom. The first-order valence-electron chi connectivity index (χ1n) is 8.29. The maximum atomic E-state index is 14.6. The highest BCUT2D eigenvalue weighted by Gasteiger charge is 2.24. The largest absolute Gasteiger partial charge is 0.335 e. The molecule has 1 saturated carbocycles. The molecule has 9 heteroatoms. The Hall–Kier alpha value is -2.35. The summed E-state index contributed by atoms with van der Waals surface area (Å²) in [4.78, 5) is 12.5. The zero-order valence-electron chi connectivity index (χ0n) is 13.6. The fourth-order valence-electron chi connectivity index (χ4n) is 3.35. The van der Waals surface area contributed by atoms with Gasteiger partial charge in [-0.15, -0.1) is 0 Å². The molecule has 0 spiro atoms. The number of halogens is 4. The minimum absolute atomic E-state index is 0.0351. The van der Waals surface area contributed by atoms with Gasteiger partial charge in [-0.3, -0.25) is 0 Å². The summed E-state index contributed by atoms with van der Waals surface area (Å²) in [6.07, 6.45) is 3.88. The van der Waals surface area contributed by atoms with Crippen LogP contribution in [-0.4, -0.2) is 19.5 Å². The number of aromatic nitrogens is 4. The van der Waals surface area contributed by atoms with E-state index in [-0.39, 0.29) is 17.1 Å². The van der Waals surface area contributed by atoms with Crippen LogP contribution in [-0.2, 0) is 0 Å². The van der Waals surface area contributed by atoms with Gasteiger partial charge in [-0.25, -0.2) is 18.2 Å². The fourth-order valence-corrected chi connectivity index (χ4v) is 3.52. The summed E-state index contributed by atoms with van der Waals surface area (Å²) < 4.78 is 43.6. The van der Waals surface area contributed by atoms with Crippen molar-refractivity contribution in [2.24, 2.45) is 0 Å². The highest BCUT2D eigenvalue weighted by atomic mass is 35.5. The lowest BCUT2D eigenvalue weighted by Gasteiger charge is -2.14. The topological polar surface area (TPSA) is 55.6 Å². The lowest BCUT2D eigenvalue weighted by Crippen LogP contribution is -2.11. The van der Waals surface area contributed by atoms with E-state index in [1.165, 1.54) is 6.07 Å². The zero-order chi connectivity index (χ0) is 18.3. The SMILES string of the molecule is Fc1cccc(C(F)Nc2nc(Cl)nc3c2ncn3C2CCCC2)c1F. The average Bonchev–Trinajstić information content (AvgIpc) is 3.26. The third-order valence-corrected chi connectivity index (χ3v) is 4.80. The van der Waals surface area contributed by atoms with Gasteiger partial charge in [0, 0.05) is 11.6 Å². The van der Waals surface area contributed by atoms with Crippen molar-refractivity contribution in [2.75, 3.05) is 5.32 Å². The number of imidazole rings is 1. The Labute approximate surface area is 152 Å². The van der Waals surface area contributed by atoms with E-state index in [1.807, 2.05) is 4.57 Å². The van der Waals surface area contributed by atoms with E-state index in [4.69, 9.17) is 11.6 Å². The molecule has 4 rings (SSSR count). The standard InChI is InChI=1S/C17H15ClF3N5/c18-17-24-15(23-14(21)10-6-3-7-11(19)12(10)20)13-16(25-17)26(8-22-13)9-4-1-2-5-9/h3,6-9,14H,1-2,4-5H2,(H,23,24,25). The molecule has 1 unspecified atom stereocenters. The highest BCUT2D eigenvalue weighted by Crippen LogP contribution is 2.34. The quantitative estimate of drug-likeness (QED) is 0.513. The van der Waals surface area contributed by atoms with Crippen molar-refractivity contribution in [1.82, 2.24) is 19.5 Å². The summed E-state index contributed by atoms with van der Waals surface area (Å²) >= 11 is 5.99. The minimum atomic E-state index is -2.02. The Morgan fingerprint density at radius 3 is 2.73 bits per heavy atom. The summed E-state index contributed by atoms with van der Waals surface area (Å²) in [6, 6.07) is 3.59. The van der Waals surface area contributed by atoms with Crippen LogP contribution < -0.4 is 5.32 Å². The Kier molecular flexibility index (Phi) is 4.44. The number of benzene rings is 1. The number of nitrogens with one attached hydrogen (secondary N) is 1. The van der Waals surface area contributed by atoms with Crippen molar-refractivity contribution in [3.8, 4) is 0 Å². The second-order valence-electron chi connectivity index (χ2n) is 6.25. The minimum Gasteiger partial charge on any atom is -0.335 e. The van der Waals surface area contributed by atoms with Gasteiger partial charge in [0.2, 0.25) is 5.28 Å². The first-order chi connectivity index (χ1) is 12.5. The molecule has 1 fully saturated rings. The lowest BCUT2D eigenvalue weighted by molar-refractivity contribution is 0.363. The normalized spacial score (nSPS) is 16.3.